The molecular formula is C38H56N6O22. The number of ether oxygens (including phenoxy) is 6. The van der Waals surface area contributed by atoms with Crippen molar-refractivity contribution in [2.45, 2.75) is 119 Å². The van der Waals surface area contributed by atoms with Crippen molar-refractivity contribution in [3.8, 4) is 0 Å². The standard InChI is InChI=1S/C38H56N6O22/c1-3-20-25-26(21(4-2)60-20)35(52)44(34(25)51)11-7-5-6-10-42(23(45)8-9-24(46)47)16-19-17-43(41-40-19)12-13-57-14-15-58-38-30(50)29(49)32(33(63-38)36(53)54)62-37-27(39)31(64-66-56)28(48)22(61-37)18-59-65-55/h3-4,17,20-22,25-33,37-38,48-50,55-56H,1-2,5-16,18,39H2,(H,46,47)(H,53,54)/t20-,21+,22?,25+,26-,27?,28-,29-,30?,31-,32+,33?,37-,38-/m1/s1. The molecule has 9 N–H and O–H groups in total. The van der Waals surface area contributed by atoms with Gasteiger partial charge in [-0.05, 0) is 19.3 Å². The van der Waals surface area contributed by atoms with Gasteiger partial charge in [-0.3, -0.25) is 24.1 Å². The lowest BCUT2D eigenvalue weighted by molar-refractivity contribution is -0.526. The van der Waals surface area contributed by atoms with Crippen LogP contribution in [-0.4, -0.2) is 204 Å². The van der Waals surface area contributed by atoms with E-state index in [1.54, 1.807) is 6.20 Å². The van der Waals surface area contributed by atoms with E-state index in [2.05, 4.69) is 43.3 Å². The molecule has 4 fully saturated rings. The van der Waals surface area contributed by atoms with Gasteiger partial charge in [-0.2, -0.15) is 4.89 Å². The van der Waals surface area contributed by atoms with Gasteiger partial charge in [0.15, 0.2) is 18.7 Å². The van der Waals surface area contributed by atoms with Crippen LogP contribution < -0.4 is 5.73 Å². The molecule has 28 nitrogen and oxygen atoms in total. The lowest BCUT2D eigenvalue weighted by Gasteiger charge is -2.45. The highest BCUT2D eigenvalue weighted by Crippen LogP contribution is 2.41. The Morgan fingerprint density at radius 3 is 2.20 bits per heavy atom. The van der Waals surface area contributed by atoms with Gasteiger partial charge >= 0.3 is 11.9 Å². The Kier molecular flexibility index (Phi) is 19.9. The number of carboxylic acids is 2. The maximum atomic E-state index is 13.1. The SMILES string of the molecule is C=C[C@@H]1O[C@H](C=C)[C@@H]2C(=O)N(CCCCCN(Cc3cn(CCOCCO[C@@H]4OC(C(=O)O)[C@@H](O[C@H]5OC(COOO)[C@@H](O)[C@H](OOO)C5N)[C@H](O)C4O)nn3)C(=O)CCC(=O)O)C(=O)[C@@H]21. The topological polar surface area (TPSA) is 382 Å². The van der Waals surface area contributed by atoms with Crippen molar-refractivity contribution in [3.63, 3.8) is 0 Å². The Labute approximate surface area is 375 Å². The second-order valence-electron chi connectivity index (χ2n) is 15.6. The molecule has 1 aromatic heterocycles. The van der Waals surface area contributed by atoms with Crippen LogP contribution in [0.5, 0.6) is 0 Å². The molecule has 0 aliphatic carbocycles. The van der Waals surface area contributed by atoms with E-state index in [4.69, 9.17) is 49.8 Å². The summed E-state index contributed by atoms with van der Waals surface area (Å²) in [5.74, 6) is -5.11. The lowest BCUT2D eigenvalue weighted by Crippen LogP contribution is -2.67. The van der Waals surface area contributed by atoms with Gasteiger partial charge in [0, 0.05) is 19.5 Å². The Balaban J connectivity index is 1.05. The van der Waals surface area contributed by atoms with Crippen LogP contribution in [0.1, 0.15) is 37.8 Å². The number of unbranched alkanes of at least 4 members (excludes halogenated alkanes) is 2. The normalized spacial score (nSPS) is 32.1. The molecule has 0 radical (unpaired) electrons. The van der Waals surface area contributed by atoms with Gasteiger partial charge in [0.1, 0.15) is 48.9 Å². The summed E-state index contributed by atoms with van der Waals surface area (Å²) < 4.78 is 34.7. The van der Waals surface area contributed by atoms with E-state index in [1.165, 1.54) is 26.6 Å². The van der Waals surface area contributed by atoms with Crippen molar-refractivity contribution in [2.75, 3.05) is 39.5 Å². The molecular weight excluding hydrogens is 892 g/mol. The monoisotopic (exact) mass is 948 g/mol. The number of aliphatic hydroxyl groups excluding tert-OH is 3. The van der Waals surface area contributed by atoms with E-state index < -0.39 is 110 Å². The second-order valence-corrected chi connectivity index (χ2v) is 15.6. The van der Waals surface area contributed by atoms with Crippen molar-refractivity contribution in [2.24, 2.45) is 17.6 Å². The van der Waals surface area contributed by atoms with Crippen molar-refractivity contribution in [1.82, 2.24) is 24.8 Å². The third-order valence-electron chi connectivity index (χ3n) is 11.3. The maximum Gasteiger partial charge on any atom is 0.335 e. The molecule has 1 aromatic rings. The number of nitrogens with two attached hydrogens (primary N) is 1. The minimum Gasteiger partial charge on any atom is -0.481 e. The lowest BCUT2D eigenvalue weighted by atomic mass is 9.89. The van der Waals surface area contributed by atoms with Crippen molar-refractivity contribution in [3.05, 3.63) is 37.2 Å². The third-order valence-corrected chi connectivity index (χ3v) is 11.3. The zero-order valence-electron chi connectivity index (χ0n) is 35.5. The maximum absolute atomic E-state index is 13.1. The molecule has 0 aromatic carbocycles. The largest absolute Gasteiger partial charge is 0.481 e. The zero-order chi connectivity index (χ0) is 48.1. The number of nitrogens with zero attached hydrogens (tertiary/aromatic N) is 5. The number of aliphatic carboxylic acids is 2. The molecule has 4 aliphatic rings. The first kappa shape index (κ1) is 52.5. The molecule has 370 valence electrons. The van der Waals surface area contributed by atoms with E-state index in [0.29, 0.717) is 25.0 Å². The van der Waals surface area contributed by atoms with Crippen molar-refractivity contribution < 1.29 is 108 Å². The first-order valence-electron chi connectivity index (χ1n) is 20.9. The Morgan fingerprint density at radius 1 is 0.848 bits per heavy atom. The molecule has 66 heavy (non-hydrogen) atoms. The average molecular weight is 949 g/mol. The van der Waals surface area contributed by atoms with Crippen LogP contribution in [0.15, 0.2) is 31.5 Å². The number of aromatic nitrogens is 3. The number of hydrogen-bond donors (Lipinski definition) is 8. The molecule has 4 saturated heterocycles. The summed E-state index contributed by atoms with van der Waals surface area (Å²) >= 11 is 0. The van der Waals surface area contributed by atoms with Crippen LogP contribution in [-0.2, 0) is 85.3 Å². The highest BCUT2D eigenvalue weighted by Gasteiger charge is 2.58. The quantitative estimate of drug-likeness (QED) is 0.0136. The van der Waals surface area contributed by atoms with Crippen LogP contribution in [0.3, 0.4) is 0 Å². The minimum atomic E-state index is -1.98. The van der Waals surface area contributed by atoms with Crippen LogP contribution in [0.2, 0.25) is 0 Å². The molecule has 28 heteroatoms. The fraction of sp³-hybridized carbons (Fsp3) is 0.711. The van der Waals surface area contributed by atoms with Crippen LogP contribution in [0.4, 0.5) is 0 Å². The molecule has 3 amide bonds. The second kappa shape index (κ2) is 25.1. The Bertz CT molecular complexity index is 1780. The number of rotatable bonds is 28. The van der Waals surface area contributed by atoms with Crippen LogP contribution >= 0.6 is 0 Å². The summed E-state index contributed by atoms with van der Waals surface area (Å²) in [5.41, 5.74) is 6.42. The van der Waals surface area contributed by atoms with E-state index in [1.807, 2.05) is 0 Å². The summed E-state index contributed by atoms with van der Waals surface area (Å²) in [4.78, 5) is 74.3. The summed E-state index contributed by atoms with van der Waals surface area (Å²) in [6, 6.07) is -1.51. The number of imide groups is 1. The van der Waals surface area contributed by atoms with Crippen LogP contribution in [0.25, 0.3) is 0 Å². The average Bonchev–Trinajstić information content (AvgIpc) is 3.98. The van der Waals surface area contributed by atoms with Gasteiger partial charge in [0.2, 0.25) is 17.7 Å². The summed E-state index contributed by atoms with van der Waals surface area (Å²) in [7, 11) is 0. The molecule has 4 unspecified atom stereocenters. The summed E-state index contributed by atoms with van der Waals surface area (Å²) in [6.45, 7) is 7.13. The number of hydrogen-bond acceptors (Lipinski definition) is 23. The molecule has 5 heterocycles. The molecule has 5 rings (SSSR count). The van der Waals surface area contributed by atoms with Gasteiger partial charge in [0.05, 0.1) is 75.6 Å². The van der Waals surface area contributed by atoms with E-state index in [-0.39, 0.29) is 70.7 Å². The molecule has 0 saturated carbocycles. The highest BCUT2D eigenvalue weighted by molar-refractivity contribution is 6.06. The molecule has 0 spiro atoms. The fourth-order valence-electron chi connectivity index (χ4n) is 8.00. The zero-order valence-corrected chi connectivity index (χ0v) is 35.5. The fourth-order valence-corrected chi connectivity index (χ4v) is 8.00. The Morgan fingerprint density at radius 2 is 1.56 bits per heavy atom. The Hall–Kier alpha value is -4.47. The number of fused-ring (bicyclic) bond motifs is 1. The summed E-state index contributed by atoms with van der Waals surface area (Å²) in [5, 5.41) is 83.7. The van der Waals surface area contributed by atoms with Gasteiger partial charge in [-0.15, -0.1) is 18.3 Å². The van der Waals surface area contributed by atoms with Crippen molar-refractivity contribution in [1.29, 1.82) is 0 Å². The molecule has 4 aliphatic heterocycles. The van der Waals surface area contributed by atoms with Gasteiger partial charge in [0.25, 0.3) is 0 Å². The van der Waals surface area contributed by atoms with Crippen LogP contribution in [0, 0.1) is 11.8 Å². The number of carboxylic acid groups (broad SMARTS) is 2. The molecule has 0 bridgehead atoms. The third kappa shape index (κ3) is 12.9. The predicted octanol–water partition coefficient (Wildman–Crippen LogP) is -3.04. The van der Waals surface area contributed by atoms with Gasteiger partial charge in [-0.1, -0.05) is 27.4 Å². The predicted molar refractivity (Wildman–Crippen MR) is 210 cm³/mol. The number of carbonyl (C=O) groups is 5. The number of amides is 3. The highest BCUT2D eigenvalue weighted by atomic mass is 17.5. The van der Waals surface area contributed by atoms with E-state index in [0.717, 1.165) is 0 Å². The van der Waals surface area contributed by atoms with E-state index >= 15 is 0 Å². The summed E-state index contributed by atoms with van der Waals surface area (Å²) in [6.07, 6.45) is -11.4. The molecule has 14 atom stereocenters. The van der Waals surface area contributed by atoms with E-state index in [9.17, 15) is 44.4 Å². The minimum absolute atomic E-state index is 0.0248. The van der Waals surface area contributed by atoms with Crippen molar-refractivity contribution >= 4 is 29.7 Å². The number of aliphatic hydroxyl groups is 3. The first-order valence-corrected chi connectivity index (χ1v) is 20.9. The van der Waals surface area contributed by atoms with Gasteiger partial charge < -0.3 is 64.6 Å². The number of likely N-dealkylation sites (tertiary alicyclic amines) is 1. The smallest absolute Gasteiger partial charge is 0.335 e. The first-order chi connectivity index (χ1) is 31.6. The van der Waals surface area contributed by atoms with Gasteiger partial charge in [-0.25, -0.2) is 24.9 Å². The number of carbonyl (C=O) groups excluding carboxylic acids is 3.